The third kappa shape index (κ3) is 3.79. The molecule has 1 aromatic heterocycles. The lowest BCUT2D eigenvalue weighted by molar-refractivity contribution is -0.688. The Kier molecular flexibility index (Phi) is 5.40. The van der Waals surface area contributed by atoms with Crippen molar-refractivity contribution in [1.29, 1.82) is 0 Å². The van der Waals surface area contributed by atoms with Crippen molar-refractivity contribution >= 4 is 34.8 Å². The number of hydrogen-bond donors (Lipinski definition) is 1. The molecule has 0 unspecified atom stereocenters. The van der Waals surface area contributed by atoms with Gasteiger partial charge in [-0.05, 0) is 29.8 Å². The van der Waals surface area contributed by atoms with Crippen LogP contribution in [0.4, 0.5) is 5.69 Å². The summed E-state index contributed by atoms with van der Waals surface area (Å²) in [6.45, 7) is 0.775. The summed E-state index contributed by atoms with van der Waals surface area (Å²) >= 11 is 5.92. The number of anilines is 1. The van der Waals surface area contributed by atoms with Gasteiger partial charge in [0.25, 0.3) is 5.91 Å². The Bertz CT molecular complexity index is 964. The van der Waals surface area contributed by atoms with Crippen molar-refractivity contribution in [3.8, 4) is 0 Å². The molecule has 0 saturated heterocycles. The maximum atomic E-state index is 12.2. The third-order valence-electron chi connectivity index (χ3n) is 4.22. The first-order valence-corrected chi connectivity index (χ1v) is 8.43. The zero-order valence-corrected chi connectivity index (χ0v) is 15.3. The lowest BCUT2D eigenvalue weighted by Crippen LogP contribution is -3.00. The highest BCUT2D eigenvalue weighted by Crippen LogP contribution is 2.32. The molecule has 0 saturated carbocycles. The Morgan fingerprint density at radius 1 is 0.962 bits per heavy atom. The molecule has 1 aliphatic heterocycles. The summed E-state index contributed by atoms with van der Waals surface area (Å²) in [5.74, 6) is -0.0564. The molecule has 0 atom stereocenters. The van der Waals surface area contributed by atoms with Crippen LogP contribution in [0, 0.1) is 0 Å². The minimum Gasteiger partial charge on any atom is -1.00 e. The van der Waals surface area contributed by atoms with Crippen LogP contribution < -0.4 is 22.3 Å². The van der Waals surface area contributed by atoms with E-state index in [2.05, 4.69) is 9.88 Å². The summed E-state index contributed by atoms with van der Waals surface area (Å²) in [4.78, 5) is 12.2. The van der Waals surface area contributed by atoms with Crippen LogP contribution in [0.15, 0.2) is 73.1 Å². The summed E-state index contributed by atoms with van der Waals surface area (Å²) in [6.07, 6.45) is 5.95. The van der Waals surface area contributed by atoms with E-state index in [0.717, 1.165) is 28.4 Å². The van der Waals surface area contributed by atoms with Crippen molar-refractivity contribution in [2.24, 2.45) is 0 Å². The van der Waals surface area contributed by atoms with Crippen LogP contribution in [0.25, 0.3) is 11.6 Å². The maximum Gasteiger partial charge on any atom is 0.256 e. The molecule has 2 heterocycles. The van der Waals surface area contributed by atoms with Gasteiger partial charge in [-0.3, -0.25) is 4.79 Å². The third-order valence-corrected chi connectivity index (χ3v) is 4.47. The van der Waals surface area contributed by atoms with E-state index in [1.807, 2.05) is 79.1 Å². The number of hydrogen-bond acceptors (Lipinski definition) is 1. The molecule has 3 aromatic rings. The molecule has 0 radical (unpaired) electrons. The van der Waals surface area contributed by atoms with Gasteiger partial charge >= 0.3 is 0 Å². The zero-order valence-electron chi connectivity index (χ0n) is 13.8. The number of benzene rings is 2. The molecule has 1 N–H and O–H groups in total. The van der Waals surface area contributed by atoms with Crippen LogP contribution in [-0.4, -0.2) is 5.91 Å². The number of nitrogens with one attached hydrogen (secondary N) is 1. The van der Waals surface area contributed by atoms with Gasteiger partial charge in [-0.15, -0.1) is 0 Å². The second-order valence-electron chi connectivity index (χ2n) is 5.99. The monoisotopic (exact) mass is 382 g/mol. The standard InChI is InChI=1S/C21H15ClN2O.ClH/c22-17-7-5-16(6-8-17)14-24-11-9-15(10-12-24)13-19-18-3-1-2-4-20(18)23-21(19)25;/h1-13H,14H2;1H. The van der Waals surface area contributed by atoms with E-state index in [1.165, 1.54) is 5.56 Å². The van der Waals surface area contributed by atoms with Crippen LogP contribution in [-0.2, 0) is 11.3 Å². The summed E-state index contributed by atoms with van der Waals surface area (Å²) in [7, 11) is 0. The molecule has 0 bridgehead atoms. The van der Waals surface area contributed by atoms with E-state index in [9.17, 15) is 4.79 Å². The minimum absolute atomic E-state index is 0. The average Bonchev–Trinajstić information content (AvgIpc) is 2.94. The Morgan fingerprint density at radius 2 is 1.65 bits per heavy atom. The van der Waals surface area contributed by atoms with Gasteiger partial charge in [0.1, 0.15) is 0 Å². The number of fused-ring (bicyclic) bond motifs is 1. The summed E-state index contributed by atoms with van der Waals surface area (Å²) in [6, 6.07) is 19.6. The summed E-state index contributed by atoms with van der Waals surface area (Å²) in [5.41, 5.74) is 4.70. The number of carbonyl (C=O) groups excluding carboxylic acids is 1. The number of nitrogens with zero attached hydrogens (tertiary/aromatic N) is 1. The predicted octanol–water partition coefficient (Wildman–Crippen LogP) is 1.17. The molecule has 1 amide bonds. The predicted molar refractivity (Wildman–Crippen MR) is 100 cm³/mol. The van der Waals surface area contributed by atoms with Crippen molar-refractivity contribution in [3.05, 3.63) is 94.8 Å². The molecule has 4 rings (SSSR count). The Morgan fingerprint density at radius 3 is 2.38 bits per heavy atom. The van der Waals surface area contributed by atoms with E-state index >= 15 is 0 Å². The quantitative estimate of drug-likeness (QED) is 0.535. The van der Waals surface area contributed by atoms with E-state index in [4.69, 9.17) is 11.6 Å². The fraction of sp³-hybridized carbons (Fsp3) is 0.0476. The number of rotatable bonds is 3. The van der Waals surface area contributed by atoms with Gasteiger partial charge in [0.15, 0.2) is 18.9 Å². The molecular weight excluding hydrogens is 367 g/mol. The topological polar surface area (TPSA) is 33.0 Å². The summed E-state index contributed by atoms with van der Waals surface area (Å²) < 4.78 is 2.09. The van der Waals surface area contributed by atoms with Crippen LogP contribution in [0.3, 0.4) is 0 Å². The molecule has 0 aliphatic carbocycles. The van der Waals surface area contributed by atoms with Gasteiger partial charge in [-0.25, -0.2) is 4.57 Å². The van der Waals surface area contributed by atoms with Gasteiger partial charge < -0.3 is 17.7 Å². The number of pyridine rings is 1. The first kappa shape index (κ1) is 18.2. The fourth-order valence-corrected chi connectivity index (χ4v) is 3.05. The van der Waals surface area contributed by atoms with Crippen LogP contribution in [0.5, 0.6) is 0 Å². The Hall–Kier alpha value is -2.62. The SMILES string of the molecule is O=C1Nc2ccccc2/C1=C\c1cc[n+](Cc2ccc(Cl)cc2)cc1.[Cl-]. The second-order valence-corrected chi connectivity index (χ2v) is 6.42. The van der Waals surface area contributed by atoms with Gasteiger partial charge in [0.05, 0.1) is 0 Å². The molecule has 1 aliphatic rings. The molecule has 130 valence electrons. The first-order valence-electron chi connectivity index (χ1n) is 8.05. The van der Waals surface area contributed by atoms with Crippen molar-refractivity contribution in [1.82, 2.24) is 0 Å². The number of amides is 1. The van der Waals surface area contributed by atoms with Crippen molar-refractivity contribution in [2.45, 2.75) is 6.54 Å². The van der Waals surface area contributed by atoms with E-state index in [0.29, 0.717) is 5.57 Å². The van der Waals surface area contributed by atoms with Gasteiger partial charge in [0, 0.05) is 39.5 Å². The van der Waals surface area contributed by atoms with Crippen molar-refractivity contribution in [2.75, 3.05) is 5.32 Å². The largest absolute Gasteiger partial charge is 1.00 e. The van der Waals surface area contributed by atoms with E-state index in [-0.39, 0.29) is 18.3 Å². The van der Waals surface area contributed by atoms with E-state index < -0.39 is 0 Å². The van der Waals surface area contributed by atoms with Crippen LogP contribution >= 0.6 is 11.6 Å². The van der Waals surface area contributed by atoms with Crippen molar-refractivity contribution < 1.29 is 21.8 Å². The van der Waals surface area contributed by atoms with Gasteiger partial charge in [0.2, 0.25) is 0 Å². The lowest BCUT2D eigenvalue weighted by Gasteiger charge is -2.00. The number of para-hydroxylation sites is 1. The molecule has 5 heteroatoms. The lowest BCUT2D eigenvalue weighted by atomic mass is 10.0. The van der Waals surface area contributed by atoms with Gasteiger partial charge in [-0.1, -0.05) is 41.9 Å². The Labute approximate surface area is 163 Å². The summed E-state index contributed by atoms with van der Waals surface area (Å²) in [5, 5.41) is 3.63. The van der Waals surface area contributed by atoms with Crippen molar-refractivity contribution in [3.63, 3.8) is 0 Å². The van der Waals surface area contributed by atoms with Crippen LogP contribution in [0.2, 0.25) is 5.02 Å². The highest BCUT2D eigenvalue weighted by molar-refractivity contribution is 6.34. The number of halogens is 2. The Balaban J connectivity index is 0.00000196. The minimum atomic E-state index is -0.0564. The first-order chi connectivity index (χ1) is 12.2. The molecular formula is C21H16Cl2N2O. The molecule has 3 nitrogen and oxygen atoms in total. The molecule has 0 spiro atoms. The maximum absolute atomic E-state index is 12.2. The normalized spacial score (nSPS) is 13.9. The second kappa shape index (κ2) is 7.73. The molecule has 26 heavy (non-hydrogen) atoms. The molecule has 2 aromatic carbocycles. The van der Waals surface area contributed by atoms with Gasteiger partial charge in [-0.2, -0.15) is 0 Å². The molecule has 0 fully saturated rings. The average molecular weight is 383 g/mol. The number of aromatic nitrogens is 1. The highest BCUT2D eigenvalue weighted by atomic mass is 35.5. The fourth-order valence-electron chi connectivity index (χ4n) is 2.92. The smallest absolute Gasteiger partial charge is 0.256 e. The van der Waals surface area contributed by atoms with Crippen LogP contribution in [0.1, 0.15) is 16.7 Å². The van der Waals surface area contributed by atoms with E-state index in [1.54, 1.807) is 0 Å². The zero-order chi connectivity index (χ0) is 17.2. The number of carbonyl (C=O) groups is 1. The highest BCUT2D eigenvalue weighted by Gasteiger charge is 2.23.